The second kappa shape index (κ2) is 8.88. The molecule has 1 amide bonds. The number of nitrogens with zero attached hydrogens (tertiary/aromatic N) is 3. The number of rotatable bonds is 5. The molecule has 0 radical (unpaired) electrons. The van der Waals surface area contributed by atoms with E-state index in [2.05, 4.69) is 10.3 Å². The van der Waals surface area contributed by atoms with Gasteiger partial charge in [-0.3, -0.25) is 9.59 Å². The molecule has 5 aromatic rings. The molecule has 0 fully saturated rings. The van der Waals surface area contributed by atoms with Gasteiger partial charge in [-0.25, -0.2) is 9.38 Å². The van der Waals surface area contributed by atoms with Crippen LogP contribution in [0.15, 0.2) is 83.7 Å². The number of benzene rings is 3. The molecule has 2 heterocycles. The number of nitrogens with one attached hydrogen (secondary N) is 1. The van der Waals surface area contributed by atoms with Crippen LogP contribution in [0, 0.1) is 0 Å². The zero-order valence-corrected chi connectivity index (χ0v) is 18.9. The third-order valence-electron chi connectivity index (χ3n) is 5.73. The number of anilines is 1. The van der Waals surface area contributed by atoms with E-state index < -0.39 is 17.6 Å². The van der Waals surface area contributed by atoms with Crippen molar-refractivity contribution in [3.8, 4) is 17.0 Å². The molecule has 10 heteroatoms. The summed E-state index contributed by atoms with van der Waals surface area (Å²) in [6.45, 7) is -0.364. The van der Waals surface area contributed by atoms with E-state index in [9.17, 15) is 22.8 Å². The van der Waals surface area contributed by atoms with Crippen LogP contribution < -0.4 is 15.6 Å². The maximum absolute atomic E-state index is 13.4. The number of hydrogen-bond donors (Lipinski definition) is 1. The van der Waals surface area contributed by atoms with E-state index in [-0.39, 0.29) is 23.6 Å². The van der Waals surface area contributed by atoms with Gasteiger partial charge in [0.25, 0.3) is 5.56 Å². The first kappa shape index (κ1) is 23.2. The molecule has 36 heavy (non-hydrogen) atoms. The van der Waals surface area contributed by atoms with Crippen molar-refractivity contribution >= 4 is 28.4 Å². The number of halogens is 3. The first-order valence-corrected chi connectivity index (χ1v) is 10.9. The molecule has 0 atom stereocenters. The predicted molar refractivity (Wildman–Crippen MR) is 129 cm³/mol. The molecule has 2 aromatic heterocycles. The summed E-state index contributed by atoms with van der Waals surface area (Å²) in [7, 11) is 1.53. The Labute approximate surface area is 202 Å². The Morgan fingerprint density at radius 2 is 1.69 bits per heavy atom. The topological polar surface area (TPSA) is 77.6 Å². The molecule has 0 saturated heterocycles. The number of methoxy groups -OCH3 is 1. The van der Waals surface area contributed by atoms with E-state index >= 15 is 0 Å². The number of para-hydroxylation sites is 3. The Kier molecular flexibility index (Phi) is 5.71. The number of carbonyl (C=O) groups is 1. The first-order chi connectivity index (χ1) is 17.3. The van der Waals surface area contributed by atoms with Crippen molar-refractivity contribution in [3.63, 3.8) is 0 Å². The van der Waals surface area contributed by atoms with Gasteiger partial charge in [-0.05, 0) is 36.4 Å². The summed E-state index contributed by atoms with van der Waals surface area (Å²) in [5.74, 6) is 0.0644. The Morgan fingerprint density at radius 1 is 0.972 bits per heavy atom. The van der Waals surface area contributed by atoms with Gasteiger partial charge in [-0.1, -0.05) is 36.4 Å². The first-order valence-electron chi connectivity index (χ1n) is 10.9. The van der Waals surface area contributed by atoms with Gasteiger partial charge in [-0.2, -0.15) is 13.2 Å². The SMILES string of the molecule is COc1cccc(-c2cc(=O)n3c4ccccc4n(CC(=O)Nc4ccccc4C(F)(F)F)c3n2)c1. The van der Waals surface area contributed by atoms with Gasteiger partial charge in [0.2, 0.25) is 11.7 Å². The molecule has 182 valence electrons. The number of ether oxygens (including phenoxy) is 1. The molecule has 3 aromatic carbocycles. The number of hydrogen-bond acceptors (Lipinski definition) is 4. The summed E-state index contributed by atoms with van der Waals surface area (Å²) in [5, 5.41) is 2.35. The van der Waals surface area contributed by atoms with E-state index in [0.29, 0.717) is 28.0 Å². The van der Waals surface area contributed by atoms with Crippen molar-refractivity contribution in [2.75, 3.05) is 12.4 Å². The summed E-state index contributed by atoms with van der Waals surface area (Å²) in [4.78, 5) is 30.7. The third kappa shape index (κ3) is 4.17. The highest BCUT2D eigenvalue weighted by molar-refractivity contribution is 5.93. The van der Waals surface area contributed by atoms with Crippen LogP contribution in [0.5, 0.6) is 5.75 Å². The van der Waals surface area contributed by atoms with E-state index in [4.69, 9.17) is 4.74 Å². The second-order valence-electron chi connectivity index (χ2n) is 8.01. The number of carbonyl (C=O) groups excluding carboxylic acids is 1. The van der Waals surface area contributed by atoms with Crippen molar-refractivity contribution in [1.82, 2.24) is 14.0 Å². The highest BCUT2D eigenvalue weighted by Gasteiger charge is 2.33. The predicted octanol–water partition coefficient (Wildman–Crippen LogP) is 4.98. The fourth-order valence-corrected chi connectivity index (χ4v) is 4.13. The largest absolute Gasteiger partial charge is 0.497 e. The quantitative estimate of drug-likeness (QED) is 0.375. The van der Waals surface area contributed by atoms with Crippen LogP contribution >= 0.6 is 0 Å². The fraction of sp³-hybridized carbons (Fsp3) is 0.115. The van der Waals surface area contributed by atoms with Crippen LogP contribution in [0.1, 0.15) is 5.56 Å². The smallest absolute Gasteiger partial charge is 0.418 e. The van der Waals surface area contributed by atoms with Gasteiger partial charge in [0.05, 0.1) is 35.1 Å². The van der Waals surface area contributed by atoms with Gasteiger partial charge in [0.1, 0.15) is 12.3 Å². The van der Waals surface area contributed by atoms with Gasteiger partial charge in [0, 0.05) is 11.6 Å². The molecule has 0 spiro atoms. The van der Waals surface area contributed by atoms with Crippen molar-refractivity contribution in [1.29, 1.82) is 0 Å². The van der Waals surface area contributed by atoms with Crippen molar-refractivity contribution in [3.05, 3.63) is 94.8 Å². The highest BCUT2D eigenvalue weighted by Crippen LogP contribution is 2.34. The highest BCUT2D eigenvalue weighted by atomic mass is 19.4. The van der Waals surface area contributed by atoms with Crippen LogP contribution in [0.2, 0.25) is 0 Å². The summed E-state index contributed by atoms with van der Waals surface area (Å²) in [5.41, 5.74) is 0.388. The average molecular weight is 492 g/mol. The number of fused-ring (bicyclic) bond motifs is 3. The number of aromatic nitrogens is 3. The minimum Gasteiger partial charge on any atom is -0.497 e. The molecule has 0 aliphatic rings. The zero-order valence-electron chi connectivity index (χ0n) is 18.9. The number of imidazole rings is 1. The third-order valence-corrected chi connectivity index (χ3v) is 5.73. The summed E-state index contributed by atoms with van der Waals surface area (Å²) in [6.07, 6.45) is -4.63. The van der Waals surface area contributed by atoms with Crippen LogP contribution in [0.3, 0.4) is 0 Å². The number of amides is 1. The summed E-state index contributed by atoms with van der Waals surface area (Å²) in [6, 6.07) is 20.1. The Bertz CT molecular complexity index is 1670. The minimum absolute atomic E-state index is 0.181. The van der Waals surface area contributed by atoms with Crippen LogP contribution in [-0.2, 0) is 17.5 Å². The van der Waals surface area contributed by atoms with Crippen molar-refractivity contribution < 1.29 is 22.7 Å². The lowest BCUT2D eigenvalue weighted by Gasteiger charge is -2.14. The summed E-state index contributed by atoms with van der Waals surface area (Å²) < 4.78 is 48.3. The molecule has 0 saturated carbocycles. The molecule has 0 unspecified atom stereocenters. The molecular formula is C26H19F3N4O3. The maximum atomic E-state index is 13.4. The van der Waals surface area contributed by atoms with E-state index in [1.54, 1.807) is 48.5 Å². The van der Waals surface area contributed by atoms with E-state index in [1.807, 2.05) is 0 Å². The lowest BCUT2D eigenvalue weighted by molar-refractivity contribution is -0.137. The molecule has 7 nitrogen and oxygen atoms in total. The average Bonchev–Trinajstić information content (AvgIpc) is 3.17. The molecule has 0 bridgehead atoms. The molecule has 5 rings (SSSR count). The fourth-order valence-electron chi connectivity index (χ4n) is 4.13. The van der Waals surface area contributed by atoms with Crippen LogP contribution in [0.4, 0.5) is 18.9 Å². The van der Waals surface area contributed by atoms with Gasteiger partial charge < -0.3 is 14.6 Å². The van der Waals surface area contributed by atoms with E-state index in [0.717, 1.165) is 6.07 Å². The Hall–Kier alpha value is -4.60. The van der Waals surface area contributed by atoms with Gasteiger partial charge >= 0.3 is 6.18 Å². The standard InChI is InChI=1S/C26H19F3N4O3/c1-36-17-8-6-7-16(13-17)20-14-24(35)33-22-12-5-4-11-21(22)32(25(33)31-20)15-23(34)30-19-10-3-2-9-18(19)26(27,28)29/h2-14H,15H2,1H3,(H,30,34). The Balaban J connectivity index is 1.61. The lowest BCUT2D eigenvalue weighted by atomic mass is 10.1. The molecule has 1 N–H and O–H groups in total. The minimum atomic E-state index is -4.63. The van der Waals surface area contributed by atoms with Crippen molar-refractivity contribution in [2.45, 2.75) is 12.7 Å². The summed E-state index contributed by atoms with van der Waals surface area (Å²) >= 11 is 0. The maximum Gasteiger partial charge on any atom is 0.418 e. The molecule has 0 aliphatic heterocycles. The van der Waals surface area contributed by atoms with Gasteiger partial charge in [-0.15, -0.1) is 0 Å². The molecule has 0 aliphatic carbocycles. The van der Waals surface area contributed by atoms with Crippen molar-refractivity contribution in [2.24, 2.45) is 0 Å². The van der Waals surface area contributed by atoms with Crippen LogP contribution in [-0.4, -0.2) is 27.0 Å². The van der Waals surface area contributed by atoms with Gasteiger partial charge in [0.15, 0.2) is 0 Å². The second-order valence-corrected chi connectivity index (χ2v) is 8.01. The normalized spacial score (nSPS) is 11.7. The monoisotopic (exact) mass is 492 g/mol. The zero-order chi connectivity index (χ0) is 25.4. The lowest BCUT2D eigenvalue weighted by Crippen LogP contribution is -2.22. The van der Waals surface area contributed by atoms with Crippen LogP contribution in [0.25, 0.3) is 28.1 Å². The number of alkyl halides is 3. The molecular weight excluding hydrogens is 473 g/mol. The van der Waals surface area contributed by atoms with E-state index in [1.165, 1.54) is 40.3 Å². The Morgan fingerprint density at radius 3 is 2.44 bits per heavy atom.